The van der Waals surface area contributed by atoms with Crippen molar-refractivity contribution in [3.05, 3.63) is 71.3 Å². The molecule has 0 fully saturated rings. The first-order valence-corrected chi connectivity index (χ1v) is 6.69. The Morgan fingerprint density at radius 3 is 2.43 bits per heavy atom. The molecule has 108 valence electrons. The Hall–Kier alpha value is -2.43. The van der Waals surface area contributed by atoms with Crippen molar-refractivity contribution in [3.8, 4) is 0 Å². The molecule has 0 bridgehead atoms. The van der Waals surface area contributed by atoms with Crippen LogP contribution in [0.15, 0.2) is 53.6 Å². The highest BCUT2D eigenvalue weighted by atomic mass is 19.1. The van der Waals surface area contributed by atoms with Gasteiger partial charge < -0.3 is 4.74 Å². The summed E-state index contributed by atoms with van der Waals surface area (Å²) in [6, 6.07) is 13.5. The van der Waals surface area contributed by atoms with E-state index in [1.807, 2.05) is 30.3 Å². The fraction of sp³-hybridized carbons (Fsp3) is 0.188. The minimum absolute atomic E-state index is 0.00668. The molecule has 0 N–H and O–H groups in total. The molecule has 2 aromatic rings. The number of hydrazone groups is 1. The Bertz CT molecular complexity index is 638. The number of hydrogen-bond donors (Lipinski definition) is 0. The van der Waals surface area contributed by atoms with Crippen molar-refractivity contribution in [2.75, 3.05) is 13.2 Å². The van der Waals surface area contributed by atoms with Gasteiger partial charge in [-0.2, -0.15) is 0 Å². The van der Waals surface area contributed by atoms with Crippen LogP contribution >= 0.6 is 0 Å². The van der Waals surface area contributed by atoms with Crippen LogP contribution in [0.5, 0.6) is 0 Å². The van der Waals surface area contributed by atoms with Gasteiger partial charge in [-0.3, -0.25) is 5.01 Å². The molecular weight excluding hydrogens is 274 g/mol. The molecule has 1 aliphatic heterocycles. The number of nitrogens with zero attached hydrogens (tertiary/aromatic N) is 2. The lowest BCUT2D eigenvalue weighted by atomic mass is 10.2. The van der Waals surface area contributed by atoms with E-state index in [9.17, 15) is 8.78 Å². The van der Waals surface area contributed by atoms with Crippen molar-refractivity contribution in [2.45, 2.75) is 6.54 Å². The second-order valence-electron chi connectivity index (χ2n) is 4.72. The summed E-state index contributed by atoms with van der Waals surface area (Å²) >= 11 is 0. The Morgan fingerprint density at radius 2 is 1.71 bits per heavy atom. The molecule has 3 rings (SSSR count). The van der Waals surface area contributed by atoms with Gasteiger partial charge in [-0.05, 0) is 17.7 Å². The molecule has 0 spiro atoms. The second kappa shape index (κ2) is 5.91. The molecule has 2 aromatic carbocycles. The average Bonchev–Trinajstić information content (AvgIpc) is 2.48. The molecule has 0 aromatic heterocycles. The number of ether oxygens (including phenoxy) is 1. The van der Waals surface area contributed by atoms with Crippen LogP contribution in [0.1, 0.15) is 11.1 Å². The zero-order valence-corrected chi connectivity index (χ0v) is 11.3. The summed E-state index contributed by atoms with van der Waals surface area (Å²) in [6.45, 7) is 1.50. The van der Waals surface area contributed by atoms with E-state index in [1.54, 1.807) is 5.01 Å². The molecule has 1 heterocycles. The summed E-state index contributed by atoms with van der Waals surface area (Å²) in [5, 5.41) is 5.97. The predicted molar refractivity (Wildman–Crippen MR) is 75.7 cm³/mol. The number of hydrogen-bond acceptors (Lipinski definition) is 3. The van der Waals surface area contributed by atoms with Crippen molar-refractivity contribution in [3.63, 3.8) is 0 Å². The fourth-order valence-corrected chi connectivity index (χ4v) is 2.19. The van der Waals surface area contributed by atoms with Crippen LogP contribution in [0.4, 0.5) is 8.78 Å². The molecule has 0 radical (unpaired) electrons. The van der Waals surface area contributed by atoms with E-state index in [0.717, 1.165) is 5.56 Å². The Morgan fingerprint density at radius 1 is 1.00 bits per heavy atom. The topological polar surface area (TPSA) is 24.8 Å². The monoisotopic (exact) mass is 288 g/mol. The highest BCUT2D eigenvalue weighted by Gasteiger charge is 2.21. The Labute approximate surface area is 121 Å². The van der Waals surface area contributed by atoms with E-state index >= 15 is 0 Å². The van der Waals surface area contributed by atoms with Crippen LogP contribution < -0.4 is 0 Å². The first-order chi connectivity index (χ1) is 10.2. The van der Waals surface area contributed by atoms with E-state index in [0.29, 0.717) is 19.7 Å². The van der Waals surface area contributed by atoms with Gasteiger partial charge in [-0.1, -0.05) is 36.4 Å². The highest BCUT2D eigenvalue weighted by Crippen LogP contribution is 2.17. The molecule has 1 aliphatic rings. The van der Waals surface area contributed by atoms with Gasteiger partial charge in [0, 0.05) is 0 Å². The molecule has 0 atom stereocenters. The van der Waals surface area contributed by atoms with Gasteiger partial charge in [0.25, 0.3) is 0 Å². The summed E-state index contributed by atoms with van der Waals surface area (Å²) in [6.07, 6.45) is 0. The van der Waals surface area contributed by atoms with Crippen LogP contribution in [0.2, 0.25) is 0 Å². The summed E-state index contributed by atoms with van der Waals surface area (Å²) in [7, 11) is 0. The van der Waals surface area contributed by atoms with Gasteiger partial charge >= 0.3 is 0 Å². The largest absolute Gasteiger partial charge is 0.474 e. The van der Waals surface area contributed by atoms with Gasteiger partial charge in [-0.25, -0.2) is 8.78 Å². The lowest BCUT2D eigenvalue weighted by Gasteiger charge is -2.25. The maximum absolute atomic E-state index is 13.8. The van der Waals surface area contributed by atoms with Crippen LogP contribution in [-0.4, -0.2) is 24.1 Å². The molecule has 0 unspecified atom stereocenters. The summed E-state index contributed by atoms with van der Waals surface area (Å²) in [5.74, 6) is -1.35. The van der Waals surface area contributed by atoms with E-state index in [2.05, 4.69) is 5.10 Å². The molecule has 0 saturated carbocycles. The van der Waals surface area contributed by atoms with Crippen molar-refractivity contribution in [1.29, 1.82) is 0 Å². The third-order valence-electron chi connectivity index (χ3n) is 3.20. The molecule has 21 heavy (non-hydrogen) atoms. The smallest absolute Gasteiger partial charge is 0.244 e. The number of benzene rings is 2. The second-order valence-corrected chi connectivity index (χ2v) is 4.72. The lowest BCUT2D eigenvalue weighted by molar-refractivity contribution is 0.160. The molecule has 0 aliphatic carbocycles. The van der Waals surface area contributed by atoms with E-state index in [-0.39, 0.29) is 11.5 Å². The third-order valence-corrected chi connectivity index (χ3v) is 3.20. The Kier molecular flexibility index (Phi) is 3.81. The standard InChI is InChI=1S/C16H14F2N2O/c17-13-7-4-8-14(18)15(13)16-19-20(9-10-21-16)11-12-5-2-1-3-6-12/h1-8H,9-11H2. The molecule has 5 heteroatoms. The van der Waals surface area contributed by atoms with E-state index in [4.69, 9.17) is 4.74 Å². The SMILES string of the molecule is Fc1cccc(F)c1C1=NN(Cc2ccccc2)CCO1. The average molecular weight is 288 g/mol. The van der Waals surface area contributed by atoms with Gasteiger partial charge in [0.15, 0.2) is 0 Å². The minimum Gasteiger partial charge on any atom is -0.474 e. The van der Waals surface area contributed by atoms with E-state index < -0.39 is 11.6 Å². The third kappa shape index (κ3) is 3.02. The fourth-order valence-electron chi connectivity index (χ4n) is 2.19. The quantitative estimate of drug-likeness (QED) is 0.866. The van der Waals surface area contributed by atoms with Crippen molar-refractivity contribution >= 4 is 5.90 Å². The number of halogens is 2. The zero-order valence-electron chi connectivity index (χ0n) is 11.3. The molecule has 0 amide bonds. The van der Waals surface area contributed by atoms with Crippen LogP contribution in [0.25, 0.3) is 0 Å². The minimum atomic E-state index is -0.671. The van der Waals surface area contributed by atoms with Crippen molar-refractivity contribution < 1.29 is 13.5 Å². The molecular formula is C16H14F2N2O. The highest BCUT2D eigenvalue weighted by molar-refractivity contribution is 5.94. The first kappa shape index (κ1) is 13.5. The maximum atomic E-state index is 13.8. The van der Waals surface area contributed by atoms with Crippen LogP contribution in [-0.2, 0) is 11.3 Å². The number of rotatable bonds is 3. The van der Waals surface area contributed by atoms with E-state index in [1.165, 1.54) is 18.2 Å². The Balaban J connectivity index is 1.86. The van der Waals surface area contributed by atoms with Crippen LogP contribution in [0, 0.1) is 11.6 Å². The first-order valence-electron chi connectivity index (χ1n) is 6.69. The van der Waals surface area contributed by atoms with Gasteiger partial charge in [0.05, 0.1) is 13.1 Å². The molecule has 0 saturated heterocycles. The lowest BCUT2D eigenvalue weighted by Crippen LogP contribution is -2.31. The predicted octanol–water partition coefficient (Wildman–Crippen LogP) is 3.16. The molecule has 3 nitrogen and oxygen atoms in total. The maximum Gasteiger partial charge on any atom is 0.244 e. The normalized spacial score (nSPS) is 14.6. The van der Waals surface area contributed by atoms with Crippen molar-refractivity contribution in [2.24, 2.45) is 5.10 Å². The zero-order chi connectivity index (χ0) is 14.7. The van der Waals surface area contributed by atoms with Gasteiger partial charge in [0.2, 0.25) is 5.90 Å². The van der Waals surface area contributed by atoms with Gasteiger partial charge in [-0.15, -0.1) is 5.10 Å². The summed E-state index contributed by atoms with van der Waals surface area (Å²) in [4.78, 5) is 0. The van der Waals surface area contributed by atoms with Crippen LogP contribution in [0.3, 0.4) is 0 Å². The van der Waals surface area contributed by atoms with Gasteiger partial charge in [0.1, 0.15) is 23.8 Å². The van der Waals surface area contributed by atoms with Crippen molar-refractivity contribution in [1.82, 2.24) is 5.01 Å². The summed E-state index contributed by atoms with van der Waals surface area (Å²) in [5.41, 5.74) is 0.867. The summed E-state index contributed by atoms with van der Waals surface area (Å²) < 4.78 is 32.9.